The van der Waals surface area contributed by atoms with Crippen molar-refractivity contribution >= 4 is 0 Å². The van der Waals surface area contributed by atoms with Crippen molar-refractivity contribution < 1.29 is 0 Å². The lowest BCUT2D eigenvalue weighted by Crippen LogP contribution is -2.23. The highest BCUT2D eigenvalue weighted by molar-refractivity contribution is 5.59. The molecule has 0 saturated heterocycles. The van der Waals surface area contributed by atoms with Gasteiger partial charge in [0.25, 0.3) is 5.56 Å². The summed E-state index contributed by atoms with van der Waals surface area (Å²) in [7, 11) is 1.60. The van der Waals surface area contributed by atoms with Crippen LogP contribution in [0.4, 0.5) is 0 Å². The predicted molar refractivity (Wildman–Crippen MR) is 73.6 cm³/mol. The molecule has 2 rings (SSSR count). The Morgan fingerprint density at radius 1 is 1.32 bits per heavy atom. The summed E-state index contributed by atoms with van der Waals surface area (Å²) in [4.78, 5) is 11.8. The fourth-order valence-corrected chi connectivity index (χ4v) is 1.93. The summed E-state index contributed by atoms with van der Waals surface area (Å²) in [6.07, 6.45) is 1.09. The molecule has 1 aromatic carbocycles. The summed E-state index contributed by atoms with van der Waals surface area (Å²) in [6, 6.07) is 11.8. The molecule has 0 amide bonds. The van der Waals surface area contributed by atoms with Gasteiger partial charge in [0.15, 0.2) is 0 Å². The van der Waals surface area contributed by atoms with Crippen molar-refractivity contribution in [1.29, 1.82) is 5.26 Å². The number of nitrogens with zero attached hydrogens (tertiary/aromatic N) is 3. The molecule has 0 aliphatic heterocycles. The first-order valence-corrected chi connectivity index (χ1v) is 6.19. The molecule has 96 valence electrons. The third kappa shape index (κ3) is 2.71. The van der Waals surface area contributed by atoms with Crippen LogP contribution < -0.4 is 5.56 Å². The van der Waals surface area contributed by atoms with Gasteiger partial charge in [-0.2, -0.15) is 10.4 Å². The lowest BCUT2D eigenvalue weighted by Gasteiger charge is -2.06. The van der Waals surface area contributed by atoms with E-state index >= 15 is 0 Å². The molecule has 4 nitrogen and oxygen atoms in total. The fourth-order valence-electron chi connectivity index (χ4n) is 1.93. The van der Waals surface area contributed by atoms with E-state index in [0.29, 0.717) is 5.56 Å². The van der Waals surface area contributed by atoms with Crippen LogP contribution in [0.5, 0.6) is 0 Å². The molecule has 0 bridgehead atoms. The largest absolute Gasteiger partial charge is 0.270 e. The standard InChI is InChI=1S/C15H15N3O/c1-3-11-4-6-12(7-5-11)14-10-13(8-9-16)15(19)18(2)17-14/h4-7,10H,3,8H2,1-2H3. The van der Waals surface area contributed by atoms with E-state index in [-0.39, 0.29) is 12.0 Å². The third-order valence-corrected chi connectivity index (χ3v) is 3.06. The van der Waals surface area contributed by atoms with E-state index in [9.17, 15) is 4.79 Å². The SMILES string of the molecule is CCc1ccc(-c2cc(CC#N)c(=O)n(C)n2)cc1. The second-order valence-electron chi connectivity index (χ2n) is 4.37. The molecular weight excluding hydrogens is 238 g/mol. The molecule has 2 aromatic rings. The van der Waals surface area contributed by atoms with Crippen LogP contribution in [0.15, 0.2) is 35.1 Å². The van der Waals surface area contributed by atoms with Crippen LogP contribution in [0.1, 0.15) is 18.1 Å². The number of benzene rings is 1. The van der Waals surface area contributed by atoms with Crippen LogP contribution in [-0.2, 0) is 19.9 Å². The molecular formula is C15H15N3O. The second kappa shape index (κ2) is 5.49. The van der Waals surface area contributed by atoms with Gasteiger partial charge in [0.1, 0.15) is 0 Å². The molecule has 0 saturated carbocycles. The molecule has 0 fully saturated rings. The molecule has 0 aliphatic carbocycles. The summed E-state index contributed by atoms with van der Waals surface area (Å²) in [6.45, 7) is 2.10. The molecule has 0 atom stereocenters. The van der Waals surface area contributed by atoms with E-state index in [1.165, 1.54) is 10.2 Å². The second-order valence-corrected chi connectivity index (χ2v) is 4.37. The normalized spacial score (nSPS) is 10.2. The molecule has 0 radical (unpaired) electrons. The van der Waals surface area contributed by atoms with Gasteiger partial charge in [0, 0.05) is 18.2 Å². The minimum absolute atomic E-state index is 0.106. The smallest absolute Gasteiger partial charge is 0.267 e. The van der Waals surface area contributed by atoms with Crippen LogP contribution in [0.3, 0.4) is 0 Å². The van der Waals surface area contributed by atoms with Gasteiger partial charge in [-0.1, -0.05) is 31.2 Å². The number of aromatic nitrogens is 2. The number of rotatable bonds is 3. The fraction of sp³-hybridized carbons (Fsp3) is 0.267. The lowest BCUT2D eigenvalue weighted by molar-refractivity contribution is 0.702. The summed E-state index contributed by atoms with van der Waals surface area (Å²) in [5.74, 6) is 0. The van der Waals surface area contributed by atoms with Crippen molar-refractivity contribution in [3.05, 3.63) is 51.8 Å². The molecule has 0 aliphatic rings. The van der Waals surface area contributed by atoms with Gasteiger partial charge in [-0.25, -0.2) is 4.68 Å². The van der Waals surface area contributed by atoms with E-state index in [1.807, 2.05) is 30.3 Å². The summed E-state index contributed by atoms with van der Waals surface area (Å²) < 4.78 is 1.29. The molecule has 0 N–H and O–H groups in total. The highest BCUT2D eigenvalue weighted by Gasteiger charge is 2.07. The Bertz CT molecular complexity index is 678. The molecule has 4 heteroatoms. The lowest BCUT2D eigenvalue weighted by atomic mass is 10.1. The number of hydrogen-bond acceptors (Lipinski definition) is 3. The first kappa shape index (κ1) is 13.0. The van der Waals surface area contributed by atoms with E-state index < -0.39 is 0 Å². The maximum Gasteiger partial charge on any atom is 0.270 e. The topological polar surface area (TPSA) is 58.7 Å². The molecule has 0 spiro atoms. The number of hydrogen-bond donors (Lipinski definition) is 0. The van der Waals surface area contributed by atoms with Crippen LogP contribution in [0.25, 0.3) is 11.3 Å². The van der Waals surface area contributed by atoms with Crippen molar-refractivity contribution in [2.45, 2.75) is 19.8 Å². The Labute approximate surface area is 111 Å². The van der Waals surface area contributed by atoms with Gasteiger partial charge in [0.2, 0.25) is 0 Å². The Balaban J connectivity index is 2.50. The van der Waals surface area contributed by atoms with E-state index in [4.69, 9.17) is 5.26 Å². The predicted octanol–water partition coefficient (Wildman–Crippen LogP) is 2.08. The highest BCUT2D eigenvalue weighted by atomic mass is 16.1. The van der Waals surface area contributed by atoms with Crippen molar-refractivity contribution in [3.63, 3.8) is 0 Å². The molecule has 1 heterocycles. The van der Waals surface area contributed by atoms with Gasteiger partial charge in [-0.15, -0.1) is 0 Å². The Morgan fingerprint density at radius 3 is 2.58 bits per heavy atom. The first-order valence-electron chi connectivity index (χ1n) is 6.19. The van der Waals surface area contributed by atoms with Crippen LogP contribution in [0, 0.1) is 11.3 Å². The Hall–Kier alpha value is -2.41. The van der Waals surface area contributed by atoms with Crippen molar-refractivity contribution in [2.24, 2.45) is 7.05 Å². The zero-order chi connectivity index (χ0) is 13.8. The minimum Gasteiger partial charge on any atom is -0.267 e. The first-order chi connectivity index (χ1) is 9.15. The van der Waals surface area contributed by atoms with Gasteiger partial charge in [0.05, 0.1) is 18.2 Å². The van der Waals surface area contributed by atoms with Crippen molar-refractivity contribution in [1.82, 2.24) is 9.78 Å². The molecule has 19 heavy (non-hydrogen) atoms. The summed E-state index contributed by atoms with van der Waals surface area (Å²) in [5.41, 5.74) is 3.19. The van der Waals surface area contributed by atoms with Crippen LogP contribution in [-0.4, -0.2) is 9.78 Å². The van der Waals surface area contributed by atoms with Gasteiger partial charge in [-0.05, 0) is 18.1 Å². The van der Waals surface area contributed by atoms with Crippen molar-refractivity contribution in [3.8, 4) is 17.3 Å². The van der Waals surface area contributed by atoms with Crippen LogP contribution >= 0.6 is 0 Å². The quantitative estimate of drug-likeness (QED) is 0.841. The van der Waals surface area contributed by atoms with Gasteiger partial charge in [-0.3, -0.25) is 4.79 Å². The van der Waals surface area contributed by atoms with E-state index in [2.05, 4.69) is 12.0 Å². The summed E-state index contributed by atoms with van der Waals surface area (Å²) in [5, 5.41) is 13.0. The number of nitriles is 1. The highest BCUT2D eigenvalue weighted by Crippen LogP contribution is 2.17. The van der Waals surface area contributed by atoms with Gasteiger partial charge < -0.3 is 0 Å². The maximum absolute atomic E-state index is 11.8. The Morgan fingerprint density at radius 2 is 2.00 bits per heavy atom. The van der Waals surface area contributed by atoms with Crippen LogP contribution in [0.2, 0.25) is 0 Å². The van der Waals surface area contributed by atoms with E-state index in [0.717, 1.165) is 17.7 Å². The summed E-state index contributed by atoms with van der Waals surface area (Å²) >= 11 is 0. The zero-order valence-corrected chi connectivity index (χ0v) is 11.1. The monoisotopic (exact) mass is 253 g/mol. The minimum atomic E-state index is -0.213. The van der Waals surface area contributed by atoms with Crippen molar-refractivity contribution in [2.75, 3.05) is 0 Å². The van der Waals surface area contributed by atoms with Gasteiger partial charge >= 0.3 is 0 Å². The average Bonchev–Trinajstić information content (AvgIpc) is 2.44. The molecule has 0 unspecified atom stereocenters. The third-order valence-electron chi connectivity index (χ3n) is 3.06. The Kier molecular flexibility index (Phi) is 3.76. The number of aryl methyl sites for hydroxylation is 2. The zero-order valence-electron chi connectivity index (χ0n) is 11.1. The average molecular weight is 253 g/mol. The maximum atomic E-state index is 11.8. The van der Waals surface area contributed by atoms with E-state index in [1.54, 1.807) is 13.1 Å². The molecule has 1 aromatic heterocycles.